The van der Waals surface area contributed by atoms with Gasteiger partial charge in [-0.25, -0.2) is 4.39 Å². The van der Waals surface area contributed by atoms with Gasteiger partial charge in [0.15, 0.2) is 5.82 Å². The van der Waals surface area contributed by atoms with Crippen LogP contribution in [0.4, 0.5) is 10.1 Å². The third kappa shape index (κ3) is 4.76. The lowest BCUT2D eigenvalue weighted by Crippen LogP contribution is -2.71. The van der Waals surface area contributed by atoms with Gasteiger partial charge < -0.3 is 13.8 Å². The zero-order valence-electron chi connectivity index (χ0n) is 26.3. The van der Waals surface area contributed by atoms with Gasteiger partial charge in [-0.1, -0.05) is 52.8 Å². The molecule has 6 saturated carbocycles. The summed E-state index contributed by atoms with van der Waals surface area (Å²) in [6.45, 7) is 18.2. The number of hydrogen-bond donors (Lipinski definition) is 0. The van der Waals surface area contributed by atoms with Crippen LogP contribution < -0.4 is 9.33 Å². The van der Waals surface area contributed by atoms with E-state index in [1.807, 2.05) is 23.1 Å². The summed E-state index contributed by atoms with van der Waals surface area (Å²) in [6.07, 6.45) is 7.21. The number of carbonyl (C=O) groups excluding carboxylic acids is 1. The monoisotopic (exact) mass is 581 g/mol. The van der Waals surface area contributed by atoms with E-state index in [9.17, 15) is 9.18 Å². The average molecular weight is 582 g/mol. The number of amides is 1. The topological polar surface area (TPSA) is 68.5 Å². The molecule has 6 fully saturated rings. The summed E-state index contributed by atoms with van der Waals surface area (Å²) in [5.74, 6) is 2.49. The second-order valence-corrected chi connectivity index (χ2v) is 21.4. The maximum absolute atomic E-state index is 14.6. The van der Waals surface area contributed by atoms with Gasteiger partial charge in [-0.2, -0.15) is 4.98 Å². The van der Waals surface area contributed by atoms with Crippen LogP contribution in [0.3, 0.4) is 0 Å². The molecule has 6 nitrogen and oxygen atoms in total. The van der Waals surface area contributed by atoms with Crippen molar-refractivity contribution in [3.8, 4) is 5.75 Å². The highest BCUT2D eigenvalue weighted by molar-refractivity contribution is 6.74. The predicted octanol–water partition coefficient (Wildman–Crippen LogP) is 8.27. The molecule has 6 aliphatic rings. The van der Waals surface area contributed by atoms with E-state index >= 15 is 0 Å². The van der Waals surface area contributed by atoms with E-state index in [1.165, 1.54) is 0 Å². The lowest BCUT2D eigenvalue weighted by Gasteiger charge is -2.65. The van der Waals surface area contributed by atoms with Crippen LogP contribution in [-0.2, 0) is 15.6 Å². The largest absolute Gasteiger partial charge is 0.543 e. The molecule has 8 heteroatoms. The number of anilines is 1. The van der Waals surface area contributed by atoms with Crippen molar-refractivity contribution >= 4 is 19.9 Å². The minimum Gasteiger partial charge on any atom is -0.543 e. The van der Waals surface area contributed by atoms with E-state index in [0.29, 0.717) is 31.7 Å². The van der Waals surface area contributed by atoms with Crippen LogP contribution in [0.5, 0.6) is 5.75 Å². The molecule has 0 unspecified atom stereocenters. The molecule has 4 bridgehead atoms. The molecule has 0 saturated heterocycles. The van der Waals surface area contributed by atoms with E-state index < -0.39 is 19.4 Å². The Morgan fingerprint density at radius 3 is 2.15 bits per heavy atom. The molecular weight excluding hydrogens is 533 g/mol. The summed E-state index contributed by atoms with van der Waals surface area (Å²) in [5, 5.41) is 4.53. The highest BCUT2D eigenvalue weighted by Crippen LogP contribution is 2.70. The molecule has 0 atom stereocenters. The molecule has 0 spiro atoms. The molecule has 1 heterocycles. The number of carbonyl (C=O) groups is 1. The Labute approximate surface area is 245 Å². The van der Waals surface area contributed by atoms with Gasteiger partial charge in [0.05, 0.1) is 5.41 Å². The van der Waals surface area contributed by atoms with Crippen molar-refractivity contribution in [1.82, 2.24) is 10.1 Å². The van der Waals surface area contributed by atoms with E-state index in [1.54, 1.807) is 0 Å². The molecule has 0 aliphatic heterocycles. The number of rotatable bonds is 7. The number of alkyl halides is 1. The second kappa shape index (κ2) is 8.90. The third-order valence-electron chi connectivity index (χ3n) is 11.4. The van der Waals surface area contributed by atoms with Crippen LogP contribution in [0, 0.1) is 10.8 Å². The van der Waals surface area contributed by atoms with Gasteiger partial charge in [0.2, 0.25) is 20.1 Å². The lowest BCUT2D eigenvalue weighted by atomic mass is 9.41. The molecule has 1 amide bonds. The Balaban J connectivity index is 1.25. The van der Waals surface area contributed by atoms with Gasteiger partial charge in [0.1, 0.15) is 11.4 Å². The number of nitrogens with zero attached hydrogens (tertiary/aromatic N) is 3. The van der Waals surface area contributed by atoms with Crippen molar-refractivity contribution in [3.05, 3.63) is 36.0 Å². The Kier molecular flexibility index (Phi) is 6.27. The van der Waals surface area contributed by atoms with Crippen LogP contribution in [0.1, 0.15) is 111 Å². The highest BCUT2D eigenvalue weighted by Gasteiger charge is 2.73. The number of benzene rings is 1. The summed E-state index contributed by atoms with van der Waals surface area (Å²) < 4.78 is 26.9. The maximum atomic E-state index is 14.6. The summed E-state index contributed by atoms with van der Waals surface area (Å²) in [7, 11) is -2.05. The SMILES string of the molecule is CC(C)(C)c1nc(C23CCC(CN(C(=O)C45CC(F)(C4)C5)c4cccc(O[Si](C)(C)C(C)(C)C)c4)(CC2)CC3)no1. The molecular formula is C33H48FN3O3Si. The summed E-state index contributed by atoms with van der Waals surface area (Å²) in [6, 6.07) is 8.10. The quantitative estimate of drug-likeness (QED) is 0.308. The van der Waals surface area contributed by atoms with E-state index in [4.69, 9.17) is 13.9 Å². The minimum atomic E-state index is -2.05. The van der Waals surface area contributed by atoms with Crippen molar-refractivity contribution < 1.29 is 18.1 Å². The van der Waals surface area contributed by atoms with E-state index in [2.05, 4.69) is 65.9 Å². The zero-order chi connectivity index (χ0) is 29.7. The molecule has 2 aromatic rings. The summed E-state index contributed by atoms with van der Waals surface area (Å²) in [4.78, 5) is 21.1. The van der Waals surface area contributed by atoms with Crippen molar-refractivity contribution in [1.29, 1.82) is 0 Å². The molecule has 6 aliphatic carbocycles. The van der Waals surface area contributed by atoms with Crippen LogP contribution in [0.2, 0.25) is 18.1 Å². The van der Waals surface area contributed by atoms with Crippen LogP contribution in [-0.4, -0.2) is 36.6 Å². The fraction of sp³-hybridized carbons (Fsp3) is 0.727. The molecule has 1 aromatic carbocycles. The first-order valence-electron chi connectivity index (χ1n) is 15.5. The fourth-order valence-electron chi connectivity index (χ4n) is 7.53. The van der Waals surface area contributed by atoms with E-state index in [-0.39, 0.29) is 27.2 Å². The van der Waals surface area contributed by atoms with Gasteiger partial charge in [-0.3, -0.25) is 4.79 Å². The number of aromatic nitrogens is 2. The van der Waals surface area contributed by atoms with E-state index in [0.717, 1.165) is 55.8 Å². The van der Waals surface area contributed by atoms with Gasteiger partial charge >= 0.3 is 0 Å². The zero-order valence-corrected chi connectivity index (χ0v) is 27.3. The Hall–Kier alpha value is -2.22. The Bertz CT molecular complexity index is 1310. The molecule has 0 radical (unpaired) electrons. The van der Waals surface area contributed by atoms with Gasteiger partial charge in [0, 0.05) is 29.1 Å². The molecule has 41 heavy (non-hydrogen) atoms. The number of hydrogen-bond acceptors (Lipinski definition) is 5. The van der Waals surface area contributed by atoms with Crippen molar-refractivity contribution in [3.63, 3.8) is 0 Å². The number of halogens is 1. The molecule has 1 aromatic heterocycles. The van der Waals surface area contributed by atoms with Crippen molar-refractivity contribution in [2.45, 2.75) is 134 Å². The fourth-order valence-corrected chi connectivity index (χ4v) is 8.56. The first kappa shape index (κ1) is 28.9. The lowest BCUT2D eigenvalue weighted by molar-refractivity contribution is -0.211. The molecule has 8 rings (SSSR count). The van der Waals surface area contributed by atoms with Crippen LogP contribution in [0.25, 0.3) is 0 Å². The predicted molar refractivity (Wildman–Crippen MR) is 162 cm³/mol. The standard InChI is InChI=1S/C33H48FN3O3Si/c1-28(2,3)26-35-25(36-39-26)31-15-12-30(13-16-31,14-17-31)22-37(27(38)32-19-33(34,20-32)21-32)23-10-9-11-24(18-23)40-41(7,8)29(4,5)6/h9-11,18H,12-17,19-22H2,1-8H3. The molecule has 224 valence electrons. The van der Waals surface area contributed by atoms with Gasteiger partial charge in [0.25, 0.3) is 0 Å². The smallest absolute Gasteiger partial charge is 0.250 e. The summed E-state index contributed by atoms with van der Waals surface area (Å²) in [5.41, 5.74) is -0.913. The normalized spacial score (nSPS) is 32.7. The van der Waals surface area contributed by atoms with Crippen molar-refractivity contribution in [2.24, 2.45) is 10.8 Å². The Morgan fingerprint density at radius 1 is 1.02 bits per heavy atom. The summed E-state index contributed by atoms with van der Waals surface area (Å²) >= 11 is 0. The minimum absolute atomic E-state index is 0.0328. The van der Waals surface area contributed by atoms with Crippen LogP contribution >= 0.6 is 0 Å². The highest BCUT2D eigenvalue weighted by atomic mass is 28.4. The van der Waals surface area contributed by atoms with Crippen molar-refractivity contribution in [2.75, 3.05) is 11.4 Å². The third-order valence-corrected chi connectivity index (χ3v) is 15.8. The maximum Gasteiger partial charge on any atom is 0.250 e. The number of fused-ring (bicyclic) bond motifs is 3. The second-order valence-electron chi connectivity index (χ2n) is 16.7. The Morgan fingerprint density at radius 2 is 1.63 bits per heavy atom. The van der Waals surface area contributed by atoms with Gasteiger partial charge in [-0.05, 0) is 93.5 Å². The first-order chi connectivity index (χ1) is 18.9. The molecule has 0 N–H and O–H groups in total. The average Bonchev–Trinajstić information content (AvgIpc) is 3.37. The van der Waals surface area contributed by atoms with Gasteiger partial charge in [-0.15, -0.1) is 0 Å². The first-order valence-corrected chi connectivity index (χ1v) is 18.4. The van der Waals surface area contributed by atoms with Crippen LogP contribution in [0.15, 0.2) is 28.8 Å².